The number of halogens is 1. The van der Waals surface area contributed by atoms with Crippen LogP contribution >= 0.6 is 0 Å². The van der Waals surface area contributed by atoms with E-state index in [-0.39, 0.29) is 6.61 Å². The zero-order valence-electron chi connectivity index (χ0n) is 19.5. The van der Waals surface area contributed by atoms with Crippen LogP contribution in [0.4, 0.5) is 4.39 Å². The molecule has 0 spiro atoms. The zero-order chi connectivity index (χ0) is 22.2. The normalized spacial score (nSPS) is 11.2. The summed E-state index contributed by atoms with van der Waals surface area (Å²) < 4.78 is 38.7. The summed E-state index contributed by atoms with van der Waals surface area (Å²) in [4.78, 5) is 0. The Labute approximate surface area is 188 Å². The molecule has 1 rings (SSSR count). The first kappa shape index (κ1) is 27.8. The molecule has 0 aliphatic heterocycles. The average molecular weight is 443 g/mol. The lowest BCUT2D eigenvalue weighted by atomic mass is 10.0. The van der Waals surface area contributed by atoms with Crippen molar-refractivity contribution >= 4 is 0 Å². The van der Waals surface area contributed by atoms with Crippen LogP contribution in [0.3, 0.4) is 0 Å². The average Bonchev–Trinajstić information content (AvgIpc) is 2.79. The molecule has 1 aromatic rings. The van der Waals surface area contributed by atoms with Crippen LogP contribution in [-0.4, -0.2) is 66.1 Å². The van der Waals surface area contributed by atoms with Gasteiger partial charge in [-0.1, -0.05) is 57.6 Å². The molecule has 0 aliphatic rings. The van der Waals surface area contributed by atoms with Gasteiger partial charge < -0.3 is 23.7 Å². The molecule has 0 unspecified atom stereocenters. The van der Waals surface area contributed by atoms with Crippen molar-refractivity contribution in [2.75, 3.05) is 66.1 Å². The van der Waals surface area contributed by atoms with Gasteiger partial charge in [0.05, 0.1) is 52.9 Å². The van der Waals surface area contributed by atoms with Crippen LogP contribution in [0.25, 0.3) is 0 Å². The lowest BCUT2D eigenvalue weighted by Crippen LogP contribution is -2.14. The maximum atomic E-state index is 11.8. The second kappa shape index (κ2) is 22.0. The number of hydrogen-bond donors (Lipinski definition) is 0. The molecule has 5 nitrogen and oxygen atoms in total. The monoisotopic (exact) mass is 442 g/mol. The summed E-state index contributed by atoms with van der Waals surface area (Å²) in [5.74, 6) is 0.885. The number of hydrogen-bond acceptors (Lipinski definition) is 5. The van der Waals surface area contributed by atoms with Gasteiger partial charge in [-0.15, -0.1) is 0 Å². The van der Waals surface area contributed by atoms with E-state index < -0.39 is 6.67 Å². The second-order valence-corrected chi connectivity index (χ2v) is 7.50. The standard InChI is InChI=1S/C25H43FO5/c1-2-3-4-5-6-7-8-9-24-10-12-25(13-11-24)31-23-22-30-21-20-29-19-18-28-17-16-27-15-14-26/h10-13H,2-9,14-23H2,1H3. The van der Waals surface area contributed by atoms with E-state index in [1.807, 2.05) is 12.1 Å². The predicted octanol–water partition coefficient (Wildman–Crippen LogP) is 5.39. The molecular formula is C25H43FO5. The van der Waals surface area contributed by atoms with Crippen molar-refractivity contribution in [2.45, 2.75) is 58.3 Å². The molecule has 0 N–H and O–H groups in total. The van der Waals surface area contributed by atoms with E-state index in [1.54, 1.807) is 0 Å². The first-order valence-corrected chi connectivity index (χ1v) is 12.0. The molecule has 1 aromatic carbocycles. The second-order valence-electron chi connectivity index (χ2n) is 7.50. The fourth-order valence-corrected chi connectivity index (χ4v) is 3.07. The lowest BCUT2D eigenvalue weighted by molar-refractivity contribution is -0.00557. The van der Waals surface area contributed by atoms with Crippen molar-refractivity contribution < 1.29 is 28.1 Å². The van der Waals surface area contributed by atoms with Crippen LogP contribution in [0.15, 0.2) is 24.3 Å². The quantitative estimate of drug-likeness (QED) is 0.213. The fourth-order valence-electron chi connectivity index (χ4n) is 3.07. The van der Waals surface area contributed by atoms with Gasteiger partial charge in [-0.25, -0.2) is 4.39 Å². The third kappa shape index (κ3) is 18.1. The van der Waals surface area contributed by atoms with E-state index in [2.05, 4.69) is 19.1 Å². The molecule has 0 atom stereocenters. The number of rotatable bonds is 23. The molecule has 0 amide bonds. The molecule has 0 aromatic heterocycles. The van der Waals surface area contributed by atoms with Crippen molar-refractivity contribution in [2.24, 2.45) is 0 Å². The minimum Gasteiger partial charge on any atom is -0.491 e. The summed E-state index contributed by atoms with van der Waals surface area (Å²) in [5.41, 5.74) is 1.38. The van der Waals surface area contributed by atoms with Gasteiger partial charge in [-0.05, 0) is 30.5 Å². The molecule has 0 bridgehead atoms. The minimum absolute atomic E-state index is 0.130. The third-order valence-corrected chi connectivity index (χ3v) is 4.83. The Morgan fingerprint density at radius 2 is 1.06 bits per heavy atom. The Bertz CT molecular complexity index is 483. The van der Waals surface area contributed by atoms with Crippen LogP contribution in [0, 0.1) is 0 Å². The van der Waals surface area contributed by atoms with Crippen LogP contribution < -0.4 is 4.74 Å². The van der Waals surface area contributed by atoms with Crippen LogP contribution in [0.1, 0.15) is 57.4 Å². The van der Waals surface area contributed by atoms with Gasteiger partial charge in [0.15, 0.2) is 0 Å². The maximum absolute atomic E-state index is 11.8. The molecule has 0 radical (unpaired) electrons. The Kier molecular flexibility index (Phi) is 19.7. The topological polar surface area (TPSA) is 46.2 Å². The summed E-state index contributed by atoms with van der Waals surface area (Å²) in [5, 5.41) is 0. The highest BCUT2D eigenvalue weighted by Crippen LogP contribution is 2.15. The smallest absolute Gasteiger partial charge is 0.119 e. The van der Waals surface area contributed by atoms with Crippen LogP contribution in [0.2, 0.25) is 0 Å². The molecular weight excluding hydrogens is 399 g/mol. The van der Waals surface area contributed by atoms with Gasteiger partial charge in [-0.3, -0.25) is 0 Å². The zero-order valence-corrected chi connectivity index (χ0v) is 19.5. The third-order valence-electron chi connectivity index (χ3n) is 4.83. The van der Waals surface area contributed by atoms with Crippen molar-refractivity contribution in [1.29, 1.82) is 0 Å². The number of aryl methyl sites for hydroxylation is 1. The van der Waals surface area contributed by atoms with Gasteiger partial charge in [0, 0.05) is 0 Å². The van der Waals surface area contributed by atoms with E-state index in [9.17, 15) is 4.39 Å². The summed E-state index contributed by atoms with van der Waals surface area (Å²) in [6.45, 7) is 5.91. The van der Waals surface area contributed by atoms with Gasteiger partial charge in [0.1, 0.15) is 19.0 Å². The van der Waals surface area contributed by atoms with Crippen molar-refractivity contribution in [3.05, 3.63) is 29.8 Å². The predicted molar refractivity (Wildman–Crippen MR) is 123 cm³/mol. The van der Waals surface area contributed by atoms with Crippen molar-refractivity contribution in [1.82, 2.24) is 0 Å². The summed E-state index contributed by atoms with van der Waals surface area (Å²) >= 11 is 0. The Morgan fingerprint density at radius 1 is 0.581 bits per heavy atom. The van der Waals surface area contributed by atoms with E-state index in [1.165, 1.54) is 50.5 Å². The Balaban J connectivity index is 1.87. The van der Waals surface area contributed by atoms with E-state index in [0.29, 0.717) is 52.9 Å². The van der Waals surface area contributed by atoms with Gasteiger partial charge in [0.2, 0.25) is 0 Å². The van der Waals surface area contributed by atoms with Crippen molar-refractivity contribution in [3.8, 4) is 5.75 Å². The number of ether oxygens (including phenoxy) is 5. The summed E-state index contributed by atoms with van der Waals surface area (Å²) in [7, 11) is 0. The number of alkyl halides is 1. The summed E-state index contributed by atoms with van der Waals surface area (Å²) in [6, 6.07) is 8.41. The number of unbranched alkanes of at least 4 members (excludes halogenated alkanes) is 6. The van der Waals surface area contributed by atoms with E-state index >= 15 is 0 Å². The molecule has 0 fully saturated rings. The highest BCUT2D eigenvalue weighted by molar-refractivity contribution is 5.27. The first-order valence-electron chi connectivity index (χ1n) is 12.0. The SMILES string of the molecule is CCCCCCCCCc1ccc(OCCOCCOCCOCCOCCF)cc1. The Hall–Kier alpha value is -1.21. The Morgan fingerprint density at radius 3 is 1.61 bits per heavy atom. The number of benzene rings is 1. The molecule has 0 saturated heterocycles. The van der Waals surface area contributed by atoms with Crippen LogP contribution in [-0.2, 0) is 25.4 Å². The highest BCUT2D eigenvalue weighted by Gasteiger charge is 1.98. The lowest BCUT2D eigenvalue weighted by Gasteiger charge is -2.09. The van der Waals surface area contributed by atoms with Gasteiger partial charge in [0.25, 0.3) is 0 Å². The summed E-state index contributed by atoms with van der Waals surface area (Å²) in [6.07, 6.45) is 10.5. The highest BCUT2D eigenvalue weighted by atomic mass is 19.1. The molecule has 0 aliphatic carbocycles. The van der Waals surface area contributed by atoms with E-state index in [0.717, 1.165) is 12.2 Å². The molecule has 0 heterocycles. The maximum Gasteiger partial charge on any atom is 0.119 e. The molecule has 0 saturated carbocycles. The van der Waals surface area contributed by atoms with E-state index in [4.69, 9.17) is 23.7 Å². The molecule has 6 heteroatoms. The van der Waals surface area contributed by atoms with Gasteiger partial charge in [-0.2, -0.15) is 0 Å². The van der Waals surface area contributed by atoms with Gasteiger partial charge >= 0.3 is 0 Å². The van der Waals surface area contributed by atoms with Crippen molar-refractivity contribution in [3.63, 3.8) is 0 Å². The molecule has 180 valence electrons. The molecule has 31 heavy (non-hydrogen) atoms. The first-order chi connectivity index (χ1) is 15.4. The fraction of sp³-hybridized carbons (Fsp3) is 0.760. The van der Waals surface area contributed by atoms with Crippen LogP contribution in [0.5, 0.6) is 5.75 Å². The largest absolute Gasteiger partial charge is 0.491 e. The minimum atomic E-state index is -0.459.